The SMILES string of the molecule is CC(OC(C)(C)C)C(N)COS(C)(=O)=O.Cl. The molecule has 0 radical (unpaired) electrons. The van der Waals surface area contributed by atoms with E-state index in [9.17, 15) is 8.42 Å². The fraction of sp³-hybridized carbons (Fsp3) is 1.00. The second kappa shape index (κ2) is 6.76. The summed E-state index contributed by atoms with van der Waals surface area (Å²) in [6.45, 7) is 7.46. The van der Waals surface area contributed by atoms with Gasteiger partial charge in [0.2, 0.25) is 0 Å². The first-order chi connectivity index (χ1) is 6.51. The first-order valence-electron chi connectivity index (χ1n) is 4.79. The zero-order chi connectivity index (χ0) is 12.3. The Bertz CT molecular complexity index is 286. The van der Waals surface area contributed by atoms with Gasteiger partial charge in [0.15, 0.2) is 0 Å². The second-order valence-corrected chi connectivity index (χ2v) is 6.23. The Morgan fingerprint density at radius 2 is 1.75 bits per heavy atom. The van der Waals surface area contributed by atoms with E-state index < -0.39 is 16.2 Å². The van der Waals surface area contributed by atoms with Gasteiger partial charge in [0.05, 0.1) is 30.6 Å². The summed E-state index contributed by atoms with van der Waals surface area (Å²) in [5.41, 5.74) is 5.41. The zero-order valence-electron chi connectivity index (χ0n) is 10.4. The average molecular weight is 276 g/mol. The van der Waals surface area contributed by atoms with Crippen LogP contribution >= 0.6 is 12.4 Å². The molecular formula is C9H22ClNO4S. The van der Waals surface area contributed by atoms with E-state index in [1.807, 2.05) is 20.8 Å². The molecule has 2 atom stereocenters. The monoisotopic (exact) mass is 275 g/mol. The van der Waals surface area contributed by atoms with E-state index in [1.165, 1.54) is 0 Å². The van der Waals surface area contributed by atoms with Gasteiger partial charge in [-0.25, -0.2) is 0 Å². The van der Waals surface area contributed by atoms with Crippen LogP contribution in [-0.2, 0) is 19.0 Å². The highest BCUT2D eigenvalue weighted by Gasteiger charge is 2.21. The van der Waals surface area contributed by atoms with Crippen molar-refractivity contribution in [1.29, 1.82) is 0 Å². The molecule has 0 aliphatic rings. The highest BCUT2D eigenvalue weighted by atomic mass is 35.5. The fourth-order valence-electron chi connectivity index (χ4n) is 0.983. The minimum absolute atomic E-state index is 0. The van der Waals surface area contributed by atoms with Gasteiger partial charge >= 0.3 is 0 Å². The van der Waals surface area contributed by atoms with E-state index in [1.54, 1.807) is 6.92 Å². The van der Waals surface area contributed by atoms with Gasteiger partial charge in [-0.2, -0.15) is 8.42 Å². The van der Waals surface area contributed by atoms with Gasteiger partial charge in [-0.15, -0.1) is 12.4 Å². The average Bonchev–Trinajstić information content (AvgIpc) is 1.95. The molecule has 0 aliphatic carbocycles. The Morgan fingerprint density at radius 1 is 1.31 bits per heavy atom. The molecule has 5 nitrogen and oxygen atoms in total. The van der Waals surface area contributed by atoms with Crippen LogP contribution in [0.1, 0.15) is 27.7 Å². The van der Waals surface area contributed by atoms with Crippen molar-refractivity contribution >= 4 is 22.5 Å². The Balaban J connectivity index is 0. The minimum atomic E-state index is -3.43. The minimum Gasteiger partial charge on any atom is -0.371 e. The largest absolute Gasteiger partial charge is 0.371 e. The summed E-state index contributed by atoms with van der Waals surface area (Å²) in [6, 6.07) is -0.459. The number of hydrogen-bond donors (Lipinski definition) is 1. The van der Waals surface area contributed by atoms with Crippen molar-refractivity contribution in [3.8, 4) is 0 Å². The molecule has 2 N–H and O–H groups in total. The van der Waals surface area contributed by atoms with E-state index >= 15 is 0 Å². The van der Waals surface area contributed by atoms with Crippen molar-refractivity contribution in [3.63, 3.8) is 0 Å². The molecule has 0 heterocycles. The smallest absolute Gasteiger partial charge is 0.264 e. The van der Waals surface area contributed by atoms with Gasteiger partial charge in [-0.3, -0.25) is 4.18 Å². The molecule has 0 bridgehead atoms. The first-order valence-corrected chi connectivity index (χ1v) is 6.61. The van der Waals surface area contributed by atoms with Crippen molar-refractivity contribution in [2.45, 2.75) is 45.4 Å². The van der Waals surface area contributed by atoms with Crippen LogP contribution in [0.3, 0.4) is 0 Å². The lowest BCUT2D eigenvalue weighted by atomic mass is 10.1. The molecule has 0 saturated carbocycles. The van der Waals surface area contributed by atoms with Crippen LogP contribution in [0.5, 0.6) is 0 Å². The van der Waals surface area contributed by atoms with E-state index in [-0.39, 0.29) is 30.7 Å². The summed E-state index contributed by atoms with van der Waals surface area (Å²) < 4.78 is 31.6. The molecule has 0 fully saturated rings. The van der Waals surface area contributed by atoms with Crippen molar-refractivity contribution in [1.82, 2.24) is 0 Å². The van der Waals surface area contributed by atoms with Gasteiger partial charge < -0.3 is 10.5 Å². The summed E-state index contributed by atoms with van der Waals surface area (Å²) in [7, 11) is -3.43. The predicted octanol–water partition coefficient (Wildman–Crippen LogP) is 0.915. The first kappa shape index (κ1) is 18.5. The molecule has 0 aromatic carbocycles. The van der Waals surface area contributed by atoms with Crippen LogP contribution in [0.15, 0.2) is 0 Å². The van der Waals surface area contributed by atoms with Crippen LogP contribution in [0.25, 0.3) is 0 Å². The van der Waals surface area contributed by atoms with E-state index in [0.717, 1.165) is 6.26 Å². The molecular weight excluding hydrogens is 254 g/mol. The Morgan fingerprint density at radius 3 is 2.06 bits per heavy atom. The summed E-state index contributed by atoms with van der Waals surface area (Å²) in [6.07, 6.45) is 0.737. The van der Waals surface area contributed by atoms with Crippen molar-refractivity contribution in [2.24, 2.45) is 5.73 Å². The third-order valence-corrected chi connectivity index (χ3v) is 2.18. The van der Waals surface area contributed by atoms with E-state index in [0.29, 0.717) is 0 Å². The quantitative estimate of drug-likeness (QED) is 0.755. The standard InChI is InChI=1S/C9H21NO4S.ClH/c1-7(14-9(2,3)4)8(10)6-13-15(5,11)12;/h7-8H,6,10H2,1-5H3;1H. The Kier molecular flexibility index (Phi) is 7.81. The normalized spacial score (nSPS) is 16.4. The number of halogens is 1. The molecule has 100 valence electrons. The fourth-order valence-corrected chi connectivity index (χ4v) is 1.39. The number of nitrogens with two attached hydrogens (primary N) is 1. The molecule has 0 aromatic heterocycles. The number of ether oxygens (including phenoxy) is 1. The third kappa shape index (κ3) is 10.6. The zero-order valence-corrected chi connectivity index (χ0v) is 12.0. The van der Waals surface area contributed by atoms with E-state index in [2.05, 4.69) is 4.18 Å². The molecule has 0 saturated heterocycles. The molecule has 7 heteroatoms. The summed E-state index contributed by atoms with van der Waals surface area (Å²) in [5, 5.41) is 0. The number of rotatable bonds is 5. The molecule has 0 aliphatic heterocycles. The lowest BCUT2D eigenvalue weighted by molar-refractivity contribution is -0.0654. The lowest BCUT2D eigenvalue weighted by Crippen LogP contribution is -2.42. The van der Waals surface area contributed by atoms with Crippen LogP contribution < -0.4 is 5.73 Å². The second-order valence-electron chi connectivity index (χ2n) is 4.59. The van der Waals surface area contributed by atoms with Gasteiger partial charge in [0, 0.05) is 0 Å². The van der Waals surface area contributed by atoms with Gasteiger partial charge in [-0.05, 0) is 27.7 Å². The maximum absolute atomic E-state index is 10.7. The van der Waals surface area contributed by atoms with Crippen molar-refractivity contribution < 1.29 is 17.3 Å². The third-order valence-electron chi connectivity index (χ3n) is 1.62. The van der Waals surface area contributed by atoms with Crippen molar-refractivity contribution in [2.75, 3.05) is 12.9 Å². The molecule has 0 amide bonds. The molecule has 2 unspecified atom stereocenters. The van der Waals surface area contributed by atoms with Gasteiger partial charge in [0.1, 0.15) is 0 Å². The topological polar surface area (TPSA) is 78.6 Å². The molecule has 0 rings (SSSR count). The molecule has 16 heavy (non-hydrogen) atoms. The predicted molar refractivity (Wildman–Crippen MR) is 66.3 cm³/mol. The number of hydrogen-bond acceptors (Lipinski definition) is 5. The highest BCUT2D eigenvalue weighted by molar-refractivity contribution is 7.85. The van der Waals surface area contributed by atoms with Crippen LogP contribution in [0, 0.1) is 0 Å². The van der Waals surface area contributed by atoms with Crippen LogP contribution in [0.2, 0.25) is 0 Å². The van der Waals surface area contributed by atoms with Crippen molar-refractivity contribution in [3.05, 3.63) is 0 Å². The summed E-state index contributed by atoms with van der Waals surface area (Å²) >= 11 is 0. The highest BCUT2D eigenvalue weighted by Crippen LogP contribution is 2.12. The molecule has 0 aromatic rings. The maximum Gasteiger partial charge on any atom is 0.264 e. The Labute approximate surface area is 104 Å². The summed E-state index contributed by atoms with van der Waals surface area (Å²) in [5.74, 6) is 0. The summed E-state index contributed by atoms with van der Waals surface area (Å²) in [4.78, 5) is 0. The Hall–Kier alpha value is 0.120. The van der Waals surface area contributed by atoms with E-state index in [4.69, 9.17) is 10.5 Å². The van der Waals surface area contributed by atoms with Crippen LogP contribution in [-0.4, -0.2) is 39.0 Å². The van der Waals surface area contributed by atoms with Gasteiger partial charge in [0.25, 0.3) is 10.1 Å². The maximum atomic E-state index is 10.7. The van der Waals surface area contributed by atoms with Gasteiger partial charge in [-0.1, -0.05) is 0 Å². The van der Waals surface area contributed by atoms with Crippen LogP contribution in [0.4, 0.5) is 0 Å². The molecule has 0 spiro atoms. The lowest BCUT2D eigenvalue weighted by Gasteiger charge is -2.28.